The summed E-state index contributed by atoms with van der Waals surface area (Å²) < 4.78 is 37.2. The first-order chi connectivity index (χ1) is 8.99. The number of nitrogens with two attached hydrogens (primary N) is 1. The summed E-state index contributed by atoms with van der Waals surface area (Å²) >= 11 is 0. The molecule has 2 nitrogen and oxygen atoms in total. The first kappa shape index (κ1) is 13.4. The van der Waals surface area contributed by atoms with Crippen LogP contribution in [-0.2, 0) is 12.7 Å². The van der Waals surface area contributed by atoms with E-state index >= 15 is 0 Å². The molecule has 0 spiro atoms. The van der Waals surface area contributed by atoms with E-state index in [4.69, 9.17) is 5.73 Å². The minimum atomic E-state index is -4.30. The molecule has 0 aliphatic heterocycles. The summed E-state index contributed by atoms with van der Waals surface area (Å²) in [5.41, 5.74) is 7.23. The first-order valence-corrected chi connectivity index (χ1v) is 5.72. The van der Waals surface area contributed by atoms with Crippen LogP contribution in [-0.4, -0.2) is 0 Å². The molecule has 5 heteroatoms. The molecule has 0 saturated carbocycles. The Labute approximate surface area is 109 Å². The molecule has 100 valence electrons. The van der Waals surface area contributed by atoms with Crippen molar-refractivity contribution in [3.05, 3.63) is 59.7 Å². The van der Waals surface area contributed by atoms with Gasteiger partial charge in [-0.25, -0.2) is 0 Å². The molecule has 0 aliphatic rings. The van der Waals surface area contributed by atoms with Gasteiger partial charge in [-0.15, -0.1) is 0 Å². The number of nitrogens with one attached hydrogen (secondary N) is 1. The lowest BCUT2D eigenvalue weighted by atomic mass is 10.2. The van der Waals surface area contributed by atoms with Gasteiger partial charge in [-0.2, -0.15) is 13.2 Å². The molecule has 2 rings (SSSR count). The van der Waals surface area contributed by atoms with Gasteiger partial charge in [-0.1, -0.05) is 12.1 Å². The SMILES string of the molecule is NCc1ccc(Nc2ccc(C(F)(F)F)cc2)cc1. The van der Waals surface area contributed by atoms with Crippen LogP contribution in [0.3, 0.4) is 0 Å². The van der Waals surface area contributed by atoms with Crippen molar-refractivity contribution in [1.82, 2.24) is 0 Å². The van der Waals surface area contributed by atoms with E-state index in [1.165, 1.54) is 12.1 Å². The van der Waals surface area contributed by atoms with Crippen LogP contribution in [0.5, 0.6) is 0 Å². The van der Waals surface area contributed by atoms with Gasteiger partial charge in [0.25, 0.3) is 0 Å². The van der Waals surface area contributed by atoms with Crippen molar-refractivity contribution in [3.63, 3.8) is 0 Å². The fourth-order valence-corrected chi connectivity index (χ4v) is 1.63. The van der Waals surface area contributed by atoms with Crippen LogP contribution in [0.1, 0.15) is 11.1 Å². The topological polar surface area (TPSA) is 38.0 Å². The quantitative estimate of drug-likeness (QED) is 0.884. The number of rotatable bonds is 3. The monoisotopic (exact) mass is 266 g/mol. The average Bonchev–Trinajstić information content (AvgIpc) is 2.39. The zero-order valence-electron chi connectivity index (χ0n) is 10.0. The van der Waals surface area contributed by atoms with Gasteiger partial charge in [-0.3, -0.25) is 0 Å². The van der Waals surface area contributed by atoms with E-state index in [2.05, 4.69) is 5.32 Å². The van der Waals surface area contributed by atoms with Gasteiger partial charge in [0, 0.05) is 17.9 Å². The highest BCUT2D eigenvalue weighted by molar-refractivity contribution is 5.60. The molecular weight excluding hydrogens is 253 g/mol. The maximum absolute atomic E-state index is 12.4. The number of alkyl halides is 3. The highest BCUT2D eigenvalue weighted by atomic mass is 19.4. The molecule has 0 aliphatic carbocycles. The molecule has 0 fully saturated rings. The molecule has 0 bridgehead atoms. The van der Waals surface area contributed by atoms with E-state index in [0.29, 0.717) is 12.2 Å². The summed E-state index contributed by atoms with van der Waals surface area (Å²) in [6.45, 7) is 0.459. The van der Waals surface area contributed by atoms with Gasteiger partial charge >= 0.3 is 6.18 Å². The van der Waals surface area contributed by atoms with Gasteiger partial charge < -0.3 is 11.1 Å². The second-order valence-corrected chi connectivity index (χ2v) is 4.10. The van der Waals surface area contributed by atoms with Gasteiger partial charge in [0.15, 0.2) is 0 Å². The lowest BCUT2D eigenvalue weighted by Gasteiger charge is -2.10. The molecule has 0 heterocycles. The summed E-state index contributed by atoms with van der Waals surface area (Å²) in [7, 11) is 0. The molecule has 0 radical (unpaired) electrons. The number of benzene rings is 2. The number of hydrogen-bond acceptors (Lipinski definition) is 2. The van der Waals surface area contributed by atoms with Crippen LogP contribution in [0.4, 0.5) is 24.5 Å². The van der Waals surface area contributed by atoms with Crippen molar-refractivity contribution in [2.24, 2.45) is 5.73 Å². The average molecular weight is 266 g/mol. The summed E-state index contributed by atoms with van der Waals surface area (Å²) in [5.74, 6) is 0. The lowest BCUT2D eigenvalue weighted by molar-refractivity contribution is -0.137. The maximum Gasteiger partial charge on any atom is 0.416 e. The van der Waals surface area contributed by atoms with Gasteiger partial charge in [0.2, 0.25) is 0 Å². The molecule has 0 unspecified atom stereocenters. The van der Waals surface area contributed by atoms with Crippen LogP contribution in [0.25, 0.3) is 0 Å². The van der Waals surface area contributed by atoms with Crippen molar-refractivity contribution in [1.29, 1.82) is 0 Å². The molecule has 19 heavy (non-hydrogen) atoms. The number of hydrogen-bond donors (Lipinski definition) is 2. The van der Waals surface area contributed by atoms with Crippen LogP contribution in [0.2, 0.25) is 0 Å². The molecule has 0 atom stereocenters. The Morgan fingerprint density at radius 1 is 0.842 bits per heavy atom. The Morgan fingerprint density at radius 3 is 1.74 bits per heavy atom. The second-order valence-electron chi connectivity index (χ2n) is 4.10. The minimum absolute atomic E-state index is 0.459. The third-order valence-electron chi connectivity index (χ3n) is 2.69. The molecule has 3 N–H and O–H groups in total. The Balaban J connectivity index is 2.10. The van der Waals surface area contributed by atoms with Crippen molar-refractivity contribution >= 4 is 11.4 Å². The molecule has 0 saturated heterocycles. The van der Waals surface area contributed by atoms with Crippen molar-refractivity contribution in [3.8, 4) is 0 Å². The lowest BCUT2D eigenvalue weighted by Crippen LogP contribution is -2.04. The Kier molecular flexibility index (Phi) is 3.76. The summed E-state index contributed by atoms with van der Waals surface area (Å²) in [6.07, 6.45) is -4.30. The third kappa shape index (κ3) is 3.48. The standard InChI is InChI=1S/C14H13F3N2/c15-14(16,17)11-3-7-13(8-4-11)19-12-5-1-10(9-18)2-6-12/h1-8,19H,9,18H2. The van der Waals surface area contributed by atoms with Gasteiger partial charge in [-0.05, 0) is 42.0 Å². The fraction of sp³-hybridized carbons (Fsp3) is 0.143. The summed E-state index contributed by atoms with van der Waals surface area (Å²) in [5, 5.41) is 3.03. The Morgan fingerprint density at radius 2 is 1.32 bits per heavy atom. The van der Waals surface area contributed by atoms with Crippen molar-refractivity contribution in [2.45, 2.75) is 12.7 Å². The van der Waals surface area contributed by atoms with E-state index in [0.717, 1.165) is 23.4 Å². The van der Waals surface area contributed by atoms with Gasteiger partial charge in [0.05, 0.1) is 5.56 Å². The van der Waals surface area contributed by atoms with E-state index in [9.17, 15) is 13.2 Å². The zero-order chi connectivity index (χ0) is 13.9. The highest BCUT2D eigenvalue weighted by Gasteiger charge is 2.29. The number of anilines is 2. The third-order valence-corrected chi connectivity index (χ3v) is 2.69. The summed E-state index contributed by atoms with van der Waals surface area (Å²) in [4.78, 5) is 0. The smallest absolute Gasteiger partial charge is 0.356 e. The first-order valence-electron chi connectivity index (χ1n) is 5.72. The molecular formula is C14H13F3N2. The van der Waals surface area contributed by atoms with Crippen LogP contribution >= 0.6 is 0 Å². The van der Waals surface area contributed by atoms with E-state index in [1.807, 2.05) is 24.3 Å². The molecule has 2 aromatic carbocycles. The van der Waals surface area contributed by atoms with Crippen molar-refractivity contribution in [2.75, 3.05) is 5.32 Å². The fourth-order valence-electron chi connectivity index (χ4n) is 1.63. The largest absolute Gasteiger partial charge is 0.416 e. The van der Waals surface area contributed by atoms with E-state index in [-0.39, 0.29) is 0 Å². The second kappa shape index (κ2) is 5.32. The molecule has 2 aromatic rings. The zero-order valence-corrected chi connectivity index (χ0v) is 10.0. The Bertz CT molecular complexity index is 530. The predicted molar refractivity (Wildman–Crippen MR) is 69.1 cm³/mol. The molecule has 0 aromatic heterocycles. The van der Waals surface area contributed by atoms with E-state index in [1.54, 1.807) is 0 Å². The minimum Gasteiger partial charge on any atom is -0.356 e. The van der Waals surface area contributed by atoms with E-state index < -0.39 is 11.7 Å². The number of halogens is 3. The maximum atomic E-state index is 12.4. The van der Waals surface area contributed by atoms with Crippen molar-refractivity contribution < 1.29 is 13.2 Å². The molecule has 0 amide bonds. The highest BCUT2D eigenvalue weighted by Crippen LogP contribution is 2.30. The van der Waals surface area contributed by atoms with Crippen LogP contribution < -0.4 is 11.1 Å². The van der Waals surface area contributed by atoms with Crippen LogP contribution in [0, 0.1) is 0 Å². The van der Waals surface area contributed by atoms with Gasteiger partial charge in [0.1, 0.15) is 0 Å². The predicted octanol–water partition coefficient (Wildman–Crippen LogP) is 3.91. The summed E-state index contributed by atoms with van der Waals surface area (Å²) in [6, 6.07) is 12.3. The Hall–Kier alpha value is -2.01. The van der Waals surface area contributed by atoms with Crippen LogP contribution in [0.15, 0.2) is 48.5 Å². The normalized spacial score (nSPS) is 11.4.